The smallest absolute Gasteiger partial charge is 0.462 e. The fraction of sp³-hybridized carbons (Fsp3) is 0.882. The molecule has 87 heavy (non-hydrogen) atoms. The van der Waals surface area contributed by atoms with Gasteiger partial charge in [0.15, 0.2) is 12.2 Å². The number of aliphatic hydroxyl groups is 1. The van der Waals surface area contributed by atoms with E-state index >= 15 is 0 Å². The maximum atomic E-state index is 13.0. The van der Waals surface area contributed by atoms with Crippen molar-refractivity contribution >= 4 is 39.5 Å². The van der Waals surface area contributed by atoms with E-state index in [0.29, 0.717) is 31.6 Å². The van der Waals surface area contributed by atoms with Gasteiger partial charge < -0.3 is 33.8 Å². The molecule has 0 aromatic heterocycles. The van der Waals surface area contributed by atoms with E-state index in [1.807, 2.05) is 0 Å². The zero-order valence-electron chi connectivity index (χ0n) is 55.8. The normalized spacial score (nSPS) is 14.4. The van der Waals surface area contributed by atoms with E-state index in [2.05, 4.69) is 65.8 Å². The number of rotatable bonds is 65. The van der Waals surface area contributed by atoms with Crippen molar-refractivity contribution in [1.29, 1.82) is 0 Å². The van der Waals surface area contributed by atoms with Crippen LogP contribution in [0.2, 0.25) is 0 Å². The van der Waals surface area contributed by atoms with Crippen LogP contribution in [0.4, 0.5) is 0 Å². The second-order valence-electron chi connectivity index (χ2n) is 24.8. The predicted molar refractivity (Wildman–Crippen MR) is 349 cm³/mol. The highest BCUT2D eigenvalue weighted by atomic mass is 31.2. The number of aliphatic hydroxyl groups excluding tert-OH is 1. The first kappa shape index (κ1) is 84.5. The molecule has 0 bridgehead atoms. The number of ether oxygens (including phenoxy) is 4. The van der Waals surface area contributed by atoms with Gasteiger partial charge in [0, 0.05) is 25.7 Å². The highest BCUT2D eigenvalue weighted by molar-refractivity contribution is 7.47. The average molecular weight is 1280 g/mol. The number of phosphoric acid groups is 2. The molecular formula is C68H128O17P2. The molecule has 0 spiro atoms. The SMILES string of the molecule is CCCCCC/C=C\C=C/CCCCCCCC(=O)O[C@H](COC(=O)CCCCCCCCCCCCC(C)C)COP(=O)(O)OC[C@@H](O)COP(=O)(O)OC[C@@H](COC(=O)CCCCCCCCCCC)OC(=O)CCCCCCCCCC(C)C. The second-order valence-corrected chi connectivity index (χ2v) is 27.7. The van der Waals surface area contributed by atoms with Crippen LogP contribution >= 0.6 is 15.6 Å². The molecule has 0 aromatic rings. The third-order valence-corrected chi connectivity index (χ3v) is 17.0. The summed E-state index contributed by atoms with van der Waals surface area (Å²) < 4.78 is 68.1. The first-order valence-electron chi connectivity index (χ1n) is 34.8. The van der Waals surface area contributed by atoms with Crippen LogP contribution in [0.1, 0.15) is 318 Å². The van der Waals surface area contributed by atoms with Crippen LogP contribution in [0.25, 0.3) is 0 Å². The zero-order chi connectivity index (χ0) is 64.3. The van der Waals surface area contributed by atoms with Crippen molar-refractivity contribution in [1.82, 2.24) is 0 Å². The molecule has 0 aliphatic heterocycles. The number of unbranched alkanes of at least 4 members (excludes halogenated alkanes) is 32. The van der Waals surface area contributed by atoms with Crippen molar-refractivity contribution in [2.75, 3.05) is 39.6 Å². The molecule has 0 fully saturated rings. The number of carbonyl (C=O) groups excluding carboxylic acids is 4. The number of hydrogen-bond donors (Lipinski definition) is 3. The molecule has 5 atom stereocenters. The van der Waals surface area contributed by atoms with E-state index in [1.165, 1.54) is 122 Å². The van der Waals surface area contributed by atoms with Crippen LogP contribution in [0.3, 0.4) is 0 Å². The van der Waals surface area contributed by atoms with Gasteiger partial charge in [-0.25, -0.2) is 9.13 Å². The average Bonchev–Trinajstić information content (AvgIpc) is 3.70. The van der Waals surface area contributed by atoms with Crippen molar-refractivity contribution in [3.8, 4) is 0 Å². The van der Waals surface area contributed by atoms with E-state index < -0.39 is 97.5 Å². The van der Waals surface area contributed by atoms with E-state index in [4.69, 9.17) is 37.0 Å². The summed E-state index contributed by atoms with van der Waals surface area (Å²) in [6, 6.07) is 0. The maximum Gasteiger partial charge on any atom is 0.472 e. The molecule has 0 rings (SSSR count). The van der Waals surface area contributed by atoms with Gasteiger partial charge in [-0.1, -0.05) is 265 Å². The van der Waals surface area contributed by atoms with Gasteiger partial charge in [-0.2, -0.15) is 0 Å². The Balaban J connectivity index is 5.28. The topological polar surface area (TPSA) is 237 Å². The van der Waals surface area contributed by atoms with Gasteiger partial charge in [0.1, 0.15) is 19.3 Å². The summed E-state index contributed by atoms with van der Waals surface area (Å²) >= 11 is 0. The Labute approximate surface area is 529 Å². The largest absolute Gasteiger partial charge is 0.472 e. The zero-order valence-corrected chi connectivity index (χ0v) is 57.6. The lowest BCUT2D eigenvalue weighted by Crippen LogP contribution is -2.30. The minimum absolute atomic E-state index is 0.0845. The quantitative estimate of drug-likeness (QED) is 0.0169. The van der Waals surface area contributed by atoms with Gasteiger partial charge in [0.25, 0.3) is 0 Å². The molecule has 0 radical (unpaired) electrons. The third kappa shape index (κ3) is 62.1. The summed E-state index contributed by atoms with van der Waals surface area (Å²) in [5.41, 5.74) is 0. The molecule has 0 aliphatic carbocycles. The van der Waals surface area contributed by atoms with Gasteiger partial charge in [0.2, 0.25) is 0 Å². The Bertz CT molecular complexity index is 1790. The van der Waals surface area contributed by atoms with Crippen molar-refractivity contribution < 1.29 is 80.2 Å². The Kier molecular flexibility index (Phi) is 58.1. The van der Waals surface area contributed by atoms with E-state index in [0.717, 1.165) is 109 Å². The minimum atomic E-state index is -4.96. The van der Waals surface area contributed by atoms with Crippen molar-refractivity contribution in [3.05, 3.63) is 24.3 Å². The molecule has 0 saturated heterocycles. The monoisotopic (exact) mass is 1280 g/mol. The van der Waals surface area contributed by atoms with Gasteiger partial charge in [0.05, 0.1) is 26.4 Å². The molecule has 0 aliphatic rings. The van der Waals surface area contributed by atoms with Crippen LogP contribution in [-0.2, 0) is 65.4 Å². The summed E-state index contributed by atoms with van der Waals surface area (Å²) in [5, 5.41) is 10.6. The first-order chi connectivity index (χ1) is 41.9. The van der Waals surface area contributed by atoms with Crippen molar-refractivity contribution in [2.45, 2.75) is 336 Å². The number of allylic oxidation sites excluding steroid dienone is 4. The molecule has 19 heteroatoms. The second kappa shape index (κ2) is 59.8. The van der Waals surface area contributed by atoms with Gasteiger partial charge in [-0.05, 0) is 63.2 Å². The summed E-state index contributed by atoms with van der Waals surface area (Å²) in [6.45, 7) is 9.37. The number of carbonyl (C=O) groups is 4. The molecule has 3 N–H and O–H groups in total. The van der Waals surface area contributed by atoms with Gasteiger partial charge >= 0.3 is 39.5 Å². The fourth-order valence-corrected chi connectivity index (χ4v) is 11.3. The van der Waals surface area contributed by atoms with Crippen LogP contribution in [-0.4, -0.2) is 96.7 Å². The van der Waals surface area contributed by atoms with Crippen molar-refractivity contribution in [2.24, 2.45) is 11.8 Å². The van der Waals surface area contributed by atoms with Gasteiger partial charge in [-0.15, -0.1) is 0 Å². The van der Waals surface area contributed by atoms with E-state index in [-0.39, 0.29) is 25.7 Å². The van der Waals surface area contributed by atoms with Crippen LogP contribution in [0, 0.1) is 11.8 Å². The molecule has 512 valence electrons. The number of esters is 4. The van der Waals surface area contributed by atoms with Gasteiger partial charge in [-0.3, -0.25) is 37.3 Å². The predicted octanol–water partition coefficient (Wildman–Crippen LogP) is 18.8. The molecule has 0 saturated carbocycles. The molecule has 0 aromatic carbocycles. The lowest BCUT2D eigenvalue weighted by atomic mass is 10.0. The summed E-state index contributed by atoms with van der Waals surface area (Å²) in [4.78, 5) is 72.3. The summed E-state index contributed by atoms with van der Waals surface area (Å²) in [6.07, 6.45) is 46.7. The molecule has 2 unspecified atom stereocenters. The highest BCUT2D eigenvalue weighted by Gasteiger charge is 2.30. The lowest BCUT2D eigenvalue weighted by molar-refractivity contribution is -0.161. The first-order valence-corrected chi connectivity index (χ1v) is 37.8. The standard InChI is InChI=1S/C68H128O17P2/c1-7-9-11-13-15-17-18-19-20-21-22-28-34-40-46-52-67(72)84-63(56-79-66(71)51-45-39-33-27-24-23-26-30-36-42-48-60(3)4)58-82-86(74,75)80-54-62(69)55-81-87(76,77)83-59-64(57-78-65(70)50-44-38-32-25-16-14-12-10-8-2)85-68(73)53-47-41-35-29-31-37-43-49-61(5)6/h17-20,60-64,69H,7-16,21-59H2,1-6H3,(H,74,75)(H,76,77)/b18-17-,20-19-/t62-,63-,64-/m1/s1. The molecular weight excluding hydrogens is 1150 g/mol. The van der Waals surface area contributed by atoms with E-state index in [9.17, 15) is 43.2 Å². The molecule has 0 amide bonds. The molecule has 17 nitrogen and oxygen atoms in total. The third-order valence-electron chi connectivity index (χ3n) is 15.1. The Morgan fingerprint density at radius 1 is 0.356 bits per heavy atom. The van der Waals surface area contributed by atoms with Crippen molar-refractivity contribution in [3.63, 3.8) is 0 Å². The van der Waals surface area contributed by atoms with Crippen LogP contribution in [0.15, 0.2) is 24.3 Å². The summed E-state index contributed by atoms with van der Waals surface area (Å²) in [7, 11) is -9.91. The van der Waals surface area contributed by atoms with Crippen LogP contribution < -0.4 is 0 Å². The summed E-state index contributed by atoms with van der Waals surface area (Å²) in [5.74, 6) is -0.711. The Morgan fingerprint density at radius 2 is 0.621 bits per heavy atom. The van der Waals surface area contributed by atoms with Crippen LogP contribution in [0.5, 0.6) is 0 Å². The Hall–Kier alpha value is -2.46. The highest BCUT2D eigenvalue weighted by Crippen LogP contribution is 2.45. The van der Waals surface area contributed by atoms with E-state index in [1.54, 1.807) is 0 Å². The minimum Gasteiger partial charge on any atom is -0.462 e. The number of phosphoric ester groups is 2. The molecule has 0 heterocycles. The lowest BCUT2D eigenvalue weighted by Gasteiger charge is -2.21. The maximum absolute atomic E-state index is 13.0. The number of hydrogen-bond acceptors (Lipinski definition) is 15. The Morgan fingerprint density at radius 3 is 0.943 bits per heavy atom. The fourth-order valence-electron chi connectivity index (χ4n) is 9.70.